The van der Waals surface area contributed by atoms with E-state index in [0.29, 0.717) is 11.3 Å². The summed E-state index contributed by atoms with van der Waals surface area (Å²) in [5.41, 5.74) is 12.9. The van der Waals surface area contributed by atoms with Gasteiger partial charge in [-0.2, -0.15) is 0 Å². The SMILES string of the molecule is COC(=O)c1ccc(N)cc1.CSc1ccc(N)cc1. The number of anilines is 2. The van der Waals surface area contributed by atoms with Gasteiger partial charge >= 0.3 is 5.97 Å². The van der Waals surface area contributed by atoms with E-state index in [0.717, 1.165) is 5.69 Å². The first-order chi connectivity index (χ1) is 9.56. The van der Waals surface area contributed by atoms with Crippen LogP contribution in [0.5, 0.6) is 0 Å². The summed E-state index contributed by atoms with van der Waals surface area (Å²) in [5, 5.41) is 0. The van der Waals surface area contributed by atoms with Crippen molar-refractivity contribution in [2.75, 3.05) is 24.8 Å². The van der Waals surface area contributed by atoms with Crippen molar-refractivity contribution in [3.05, 3.63) is 54.1 Å². The Morgan fingerprint density at radius 1 is 0.950 bits per heavy atom. The van der Waals surface area contributed by atoms with E-state index in [1.54, 1.807) is 36.0 Å². The third kappa shape index (κ3) is 5.24. The van der Waals surface area contributed by atoms with Gasteiger partial charge in [-0.25, -0.2) is 4.79 Å². The molecule has 0 heterocycles. The fraction of sp³-hybridized carbons (Fsp3) is 0.133. The van der Waals surface area contributed by atoms with Crippen LogP contribution in [0.3, 0.4) is 0 Å². The molecule has 2 rings (SSSR count). The standard InChI is InChI=1S/C8H9NO2.C7H9NS/c1-11-8(10)6-2-4-7(9)5-3-6;1-9-7-4-2-6(8)3-5-7/h2-5H,9H2,1H3;2-5H,8H2,1H3. The lowest BCUT2D eigenvalue weighted by Gasteiger charge is -1.97. The fourth-order valence-corrected chi connectivity index (χ4v) is 1.75. The van der Waals surface area contributed by atoms with Gasteiger partial charge in [-0.3, -0.25) is 0 Å². The normalized spacial score (nSPS) is 9.30. The molecule has 0 spiro atoms. The molecule has 0 fully saturated rings. The number of ether oxygens (including phenoxy) is 1. The zero-order chi connectivity index (χ0) is 15.0. The van der Waals surface area contributed by atoms with Crippen molar-refractivity contribution in [2.45, 2.75) is 4.90 Å². The predicted molar refractivity (Wildman–Crippen MR) is 84.8 cm³/mol. The fourth-order valence-electron chi connectivity index (χ4n) is 1.34. The van der Waals surface area contributed by atoms with E-state index in [4.69, 9.17) is 11.5 Å². The minimum Gasteiger partial charge on any atom is -0.465 e. The topological polar surface area (TPSA) is 78.3 Å². The smallest absolute Gasteiger partial charge is 0.337 e. The van der Waals surface area contributed by atoms with Gasteiger partial charge < -0.3 is 16.2 Å². The minimum absolute atomic E-state index is 0.343. The second-order valence-corrected chi connectivity index (χ2v) is 4.77. The van der Waals surface area contributed by atoms with Gasteiger partial charge in [-0.1, -0.05) is 0 Å². The molecule has 0 saturated heterocycles. The Hall–Kier alpha value is -2.14. The third-order valence-corrected chi connectivity index (χ3v) is 3.19. The molecule has 0 unspecified atom stereocenters. The van der Waals surface area contributed by atoms with Crippen molar-refractivity contribution in [2.24, 2.45) is 0 Å². The summed E-state index contributed by atoms with van der Waals surface area (Å²) in [5.74, 6) is -0.343. The average Bonchev–Trinajstić information content (AvgIpc) is 2.49. The van der Waals surface area contributed by atoms with Crippen LogP contribution in [0.2, 0.25) is 0 Å². The lowest BCUT2D eigenvalue weighted by molar-refractivity contribution is 0.0601. The number of hydrogen-bond donors (Lipinski definition) is 2. The molecule has 0 aliphatic carbocycles. The summed E-state index contributed by atoms with van der Waals surface area (Å²) in [6.45, 7) is 0. The monoisotopic (exact) mass is 290 g/mol. The number of rotatable bonds is 2. The van der Waals surface area contributed by atoms with Crippen LogP contribution in [0.1, 0.15) is 10.4 Å². The van der Waals surface area contributed by atoms with Crippen LogP contribution >= 0.6 is 11.8 Å². The van der Waals surface area contributed by atoms with Gasteiger partial charge in [-0.15, -0.1) is 11.8 Å². The molecule has 0 aliphatic heterocycles. The minimum atomic E-state index is -0.343. The molecular weight excluding hydrogens is 272 g/mol. The Bertz CT molecular complexity index is 539. The molecule has 4 N–H and O–H groups in total. The van der Waals surface area contributed by atoms with Crippen molar-refractivity contribution in [1.29, 1.82) is 0 Å². The average molecular weight is 290 g/mol. The van der Waals surface area contributed by atoms with Crippen LogP contribution in [0, 0.1) is 0 Å². The molecule has 20 heavy (non-hydrogen) atoms. The van der Waals surface area contributed by atoms with Crippen molar-refractivity contribution >= 4 is 29.1 Å². The Morgan fingerprint density at radius 3 is 1.80 bits per heavy atom. The molecule has 0 aliphatic rings. The summed E-state index contributed by atoms with van der Waals surface area (Å²) in [6.07, 6.45) is 2.05. The Labute approximate surface area is 123 Å². The number of nitrogen functional groups attached to an aromatic ring is 2. The van der Waals surface area contributed by atoms with Gasteiger partial charge in [-0.05, 0) is 54.8 Å². The molecule has 0 atom stereocenters. The first kappa shape index (κ1) is 15.9. The van der Waals surface area contributed by atoms with Crippen molar-refractivity contribution < 1.29 is 9.53 Å². The Kier molecular flexibility index (Phi) is 6.46. The summed E-state index contributed by atoms with van der Waals surface area (Å²) in [6, 6.07) is 14.4. The van der Waals surface area contributed by atoms with Crippen molar-refractivity contribution in [3.8, 4) is 0 Å². The molecule has 0 aromatic heterocycles. The van der Waals surface area contributed by atoms with E-state index in [1.165, 1.54) is 12.0 Å². The van der Waals surface area contributed by atoms with Crippen LogP contribution < -0.4 is 11.5 Å². The van der Waals surface area contributed by atoms with Crippen LogP contribution in [-0.2, 0) is 4.74 Å². The van der Waals surface area contributed by atoms with Crippen LogP contribution in [0.25, 0.3) is 0 Å². The molecule has 4 nitrogen and oxygen atoms in total. The molecule has 106 valence electrons. The number of nitrogens with two attached hydrogens (primary N) is 2. The third-order valence-electron chi connectivity index (χ3n) is 2.45. The molecule has 0 saturated carbocycles. The maximum absolute atomic E-state index is 10.9. The maximum Gasteiger partial charge on any atom is 0.337 e. The predicted octanol–water partition coefficient (Wildman–Crippen LogP) is 3.05. The second kappa shape index (κ2) is 8.12. The zero-order valence-corrected chi connectivity index (χ0v) is 12.3. The van der Waals surface area contributed by atoms with Crippen LogP contribution in [0.15, 0.2) is 53.4 Å². The lowest BCUT2D eigenvalue weighted by Crippen LogP contribution is -2.00. The summed E-state index contributed by atoms with van der Waals surface area (Å²) < 4.78 is 4.50. The molecule has 0 bridgehead atoms. The first-order valence-corrected chi connectivity index (χ1v) is 7.12. The van der Waals surface area contributed by atoms with E-state index >= 15 is 0 Å². The van der Waals surface area contributed by atoms with E-state index in [1.807, 2.05) is 30.5 Å². The van der Waals surface area contributed by atoms with E-state index in [9.17, 15) is 4.79 Å². The summed E-state index contributed by atoms with van der Waals surface area (Å²) in [4.78, 5) is 12.1. The van der Waals surface area contributed by atoms with Crippen molar-refractivity contribution in [1.82, 2.24) is 0 Å². The highest BCUT2D eigenvalue weighted by Gasteiger charge is 2.02. The number of carbonyl (C=O) groups is 1. The first-order valence-electron chi connectivity index (χ1n) is 5.90. The van der Waals surface area contributed by atoms with Gasteiger partial charge in [0.05, 0.1) is 12.7 Å². The maximum atomic E-state index is 10.9. The number of hydrogen-bond acceptors (Lipinski definition) is 5. The van der Waals surface area contributed by atoms with Gasteiger partial charge in [0.15, 0.2) is 0 Å². The number of esters is 1. The number of benzene rings is 2. The van der Waals surface area contributed by atoms with E-state index in [-0.39, 0.29) is 5.97 Å². The van der Waals surface area contributed by atoms with Gasteiger partial charge in [0.1, 0.15) is 0 Å². The van der Waals surface area contributed by atoms with Gasteiger partial charge in [0.25, 0.3) is 0 Å². The highest BCUT2D eigenvalue weighted by Crippen LogP contribution is 2.15. The number of methoxy groups -OCH3 is 1. The Morgan fingerprint density at radius 2 is 1.40 bits per heavy atom. The van der Waals surface area contributed by atoms with Gasteiger partial charge in [0.2, 0.25) is 0 Å². The van der Waals surface area contributed by atoms with Gasteiger partial charge in [0, 0.05) is 16.3 Å². The molecule has 0 radical (unpaired) electrons. The summed E-state index contributed by atoms with van der Waals surface area (Å²) >= 11 is 1.72. The quantitative estimate of drug-likeness (QED) is 0.505. The lowest BCUT2D eigenvalue weighted by atomic mass is 10.2. The Balaban J connectivity index is 0.000000204. The van der Waals surface area contributed by atoms with Crippen LogP contribution in [0.4, 0.5) is 11.4 Å². The van der Waals surface area contributed by atoms with E-state index < -0.39 is 0 Å². The number of carbonyl (C=O) groups excluding carboxylic acids is 1. The summed E-state index contributed by atoms with van der Waals surface area (Å²) in [7, 11) is 1.35. The molecule has 5 heteroatoms. The molecule has 0 amide bonds. The molecular formula is C15H18N2O2S. The largest absolute Gasteiger partial charge is 0.465 e. The highest BCUT2D eigenvalue weighted by atomic mass is 32.2. The zero-order valence-electron chi connectivity index (χ0n) is 11.5. The number of thioether (sulfide) groups is 1. The van der Waals surface area contributed by atoms with Crippen LogP contribution in [-0.4, -0.2) is 19.3 Å². The highest BCUT2D eigenvalue weighted by molar-refractivity contribution is 7.98. The van der Waals surface area contributed by atoms with Crippen molar-refractivity contribution in [3.63, 3.8) is 0 Å². The molecule has 2 aromatic carbocycles. The molecule has 2 aromatic rings. The van der Waals surface area contributed by atoms with E-state index in [2.05, 4.69) is 4.74 Å². The second-order valence-electron chi connectivity index (χ2n) is 3.89.